The molecule has 4 aliphatic carbocycles. The van der Waals surface area contributed by atoms with Gasteiger partial charge in [0.25, 0.3) is 0 Å². The first-order chi connectivity index (χ1) is 18.7. The zero-order valence-corrected chi connectivity index (χ0v) is 25.1. The Morgan fingerprint density at radius 2 is 1.97 bits per heavy atom. The molecule has 0 amide bonds. The second-order valence-electron chi connectivity index (χ2n) is 13.2. The Morgan fingerprint density at radius 3 is 2.72 bits per heavy atom. The SMILES string of the molecule is C=C1C(=CC=C2CCC[C@]3(C)[C@@H]([C@H](C)C=C[C@@H](O)C4(c5ncc(CCCC)s5)CC4)CC[C@@H]23)C[C@@H](O)C[C@@H]1O. The quantitative estimate of drug-likeness (QED) is 0.284. The van der Waals surface area contributed by atoms with Gasteiger partial charge < -0.3 is 15.3 Å². The van der Waals surface area contributed by atoms with Gasteiger partial charge in [-0.2, -0.15) is 0 Å². The molecule has 5 heteroatoms. The van der Waals surface area contributed by atoms with Gasteiger partial charge in [0.15, 0.2) is 0 Å². The van der Waals surface area contributed by atoms with Crippen molar-refractivity contribution in [3.05, 3.63) is 63.7 Å². The summed E-state index contributed by atoms with van der Waals surface area (Å²) in [4.78, 5) is 6.10. The number of aryl methyl sites for hydroxylation is 1. The Balaban J connectivity index is 1.26. The molecular formula is C34H49NO3S. The van der Waals surface area contributed by atoms with Crippen LogP contribution in [0.3, 0.4) is 0 Å². The molecule has 4 nitrogen and oxygen atoms in total. The van der Waals surface area contributed by atoms with Gasteiger partial charge in [-0.3, -0.25) is 0 Å². The number of allylic oxidation sites excluding steroid dienone is 4. The molecule has 0 aromatic carbocycles. The van der Waals surface area contributed by atoms with Crippen LogP contribution in [0.4, 0.5) is 0 Å². The van der Waals surface area contributed by atoms with Crippen LogP contribution in [0.2, 0.25) is 0 Å². The number of unbranched alkanes of at least 4 members (excludes halogenated alkanes) is 1. The summed E-state index contributed by atoms with van der Waals surface area (Å²) >= 11 is 1.81. The summed E-state index contributed by atoms with van der Waals surface area (Å²) in [6.45, 7) is 11.2. The van der Waals surface area contributed by atoms with Crippen LogP contribution < -0.4 is 0 Å². The van der Waals surface area contributed by atoms with Crippen molar-refractivity contribution in [2.24, 2.45) is 23.2 Å². The lowest BCUT2D eigenvalue weighted by Crippen LogP contribution is -2.35. The number of thiazole rings is 1. The Bertz CT molecular complexity index is 1130. The molecule has 0 bridgehead atoms. The van der Waals surface area contributed by atoms with Crippen LogP contribution in [0.1, 0.15) is 101 Å². The van der Waals surface area contributed by atoms with E-state index in [1.165, 1.54) is 49.0 Å². The molecule has 1 aromatic heterocycles. The highest BCUT2D eigenvalue weighted by Crippen LogP contribution is 2.60. The lowest BCUT2D eigenvalue weighted by Gasteiger charge is -2.44. The van der Waals surface area contributed by atoms with E-state index in [2.05, 4.69) is 51.7 Å². The van der Waals surface area contributed by atoms with Crippen molar-refractivity contribution in [2.45, 2.75) is 122 Å². The van der Waals surface area contributed by atoms with E-state index >= 15 is 0 Å². The number of hydrogen-bond donors (Lipinski definition) is 3. The summed E-state index contributed by atoms with van der Waals surface area (Å²) in [6.07, 6.45) is 21.8. The second kappa shape index (κ2) is 11.8. The van der Waals surface area contributed by atoms with Crippen LogP contribution in [0.15, 0.2) is 53.8 Å². The molecule has 5 rings (SSSR count). The molecular weight excluding hydrogens is 502 g/mol. The van der Waals surface area contributed by atoms with Gasteiger partial charge >= 0.3 is 0 Å². The molecule has 1 aromatic rings. The van der Waals surface area contributed by atoms with Gasteiger partial charge in [-0.15, -0.1) is 11.3 Å². The monoisotopic (exact) mass is 551 g/mol. The number of aromatic nitrogens is 1. The molecule has 7 atom stereocenters. The fourth-order valence-electron chi connectivity index (χ4n) is 7.98. The molecule has 4 fully saturated rings. The molecule has 3 N–H and O–H groups in total. The van der Waals surface area contributed by atoms with Gasteiger partial charge in [0.2, 0.25) is 0 Å². The lowest BCUT2D eigenvalue weighted by atomic mass is 9.61. The summed E-state index contributed by atoms with van der Waals surface area (Å²) in [7, 11) is 0. The number of fused-ring (bicyclic) bond motifs is 1. The summed E-state index contributed by atoms with van der Waals surface area (Å²) in [6, 6.07) is 0. The lowest BCUT2D eigenvalue weighted by molar-refractivity contribution is 0.0862. The normalized spacial score (nSPS) is 36.0. The van der Waals surface area contributed by atoms with E-state index in [1.807, 2.05) is 17.5 Å². The molecule has 4 saturated carbocycles. The van der Waals surface area contributed by atoms with Crippen LogP contribution in [-0.4, -0.2) is 38.6 Å². The predicted octanol–water partition coefficient (Wildman–Crippen LogP) is 7.21. The van der Waals surface area contributed by atoms with E-state index in [9.17, 15) is 15.3 Å². The highest BCUT2D eigenvalue weighted by molar-refractivity contribution is 7.11. The Hall–Kier alpha value is -1.53. The van der Waals surface area contributed by atoms with E-state index in [0.717, 1.165) is 41.8 Å². The summed E-state index contributed by atoms with van der Waals surface area (Å²) in [5.74, 6) is 1.60. The predicted molar refractivity (Wildman–Crippen MR) is 161 cm³/mol. The van der Waals surface area contributed by atoms with E-state index in [4.69, 9.17) is 4.98 Å². The number of aliphatic hydroxyl groups is 3. The maximum absolute atomic E-state index is 11.3. The third-order valence-corrected chi connectivity index (χ3v) is 11.9. The molecule has 0 spiro atoms. The van der Waals surface area contributed by atoms with Gasteiger partial charge in [-0.25, -0.2) is 4.98 Å². The second-order valence-corrected chi connectivity index (χ2v) is 14.4. The average Bonchev–Trinajstić information content (AvgIpc) is 3.44. The molecule has 39 heavy (non-hydrogen) atoms. The first-order valence-electron chi connectivity index (χ1n) is 15.4. The summed E-state index contributed by atoms with van der Waals surface area (Å²) < 4.78 is 0. The topological polar surface area (TPSA) is 73.6 Å². The maximum Gasteiger partial charge on any atom is 0.102 e. The van der Waals surface area contributed by atoms with E-state index in [0.29, 0.717) is 30.6 Å². The Labute approximate surface area is 239 Å². The highest BCUT2D eigenvalue weighted by Gasteiger charge is 2.53. The fourth-order valence-corrected chi connectivity index (χ4v) is 9.22. The van der Waals surface area contributed by atoms with Crippen LogP contribution in [0, 0.1) is 23.2 Å². The number of hydrogen-bond acceptors (Lipinski definition) is 5. The molecule has 0 aliphatic heterocycles. The van der Waals surface area contributed by atoms with Crippen molar-refractivity contribution in [1.82, 2.24) is 4.98 Å². The van der Waals surface area contributed by atoms with Gasteiger partial charge in [-0.05, 0) is 98.5 Å². The van der Waals surface area contributed by atoms with Gasteiger partial charge in [0.1, 0.15) is 5.01 Å². The van der Waals surface area contributed by atoms with Crippen molar-refractivity contribution >= 4 is 11.3 Å². The fraction of sp³-hybridized carbons (Fsp3) is 0.676. The minimum Gasteiger partial charge on any atom is -0.393 e. The zero-order valence-electron chi connectivity index (χ0n) is 24.2. The summed E-state index contributed by atoms with van der Waals surface area (Å²) in [5.41, 5.74) is 3.39. The summed E-state index contributed by atoms with van der Waals surface area (Å²) in [5, 5.41) is 32.8. The first kappa shape index (κ1) is 29.0. The number of nitrogens with zero attached hydrogens (tertiary/aromatic N) is 1. The molecule has 0 radical (unpaired) electrons. The Kier molecular flexibility index (Phi) is 8.74. The van der Waals surface area contributed by atoms with Crippen molar-refractivity contribution < 1.29 is 15.3 Å². The van der Waals surface area contributed by atoms with Crippen LogP contribution >= 0.6 is 11.3 Å². The van der Waals surface area contributed by atoms with Crippen molar-refractivity contribution in [3.8, 4) is 0 Å². The van der Waals surface area contributed by atoms with Crippen molar-refractivity contribution in [1.29, 1.82) is 0 Å². The molecule has 4 aliphatic rings. The molecule has 0 saturated heterocycles. The number of aliphatic hydroxyl groups excluding tert-OH is 3. The molecule has 0 unspecified atom stereocenters. The smallest absolute Gasteiger partial charge is 0.102 e. The van der Waals surface area contributed by atoms with Gasteiger partial charge in [0.05, 0.1) is 23.7 Å². The minimum atomic E-state index is -0.637. The third kappa shape index (κ3) is 5.80. The van der Waals surface area contributed by atoms with Crippen LogP contribution in [0.5, 0.6) is 0 Å². The van der Waals surface area contributed by atoms with Crippen LogP contribution in [0.25, 0.3) is 0 Å². The maximum atomic E-state index is 11.3. The highest BCUT2D eigenvalue weighted by atomic mass is 32.1. The van der Waals surface area contributed by atoms with E-state index in [-0.39, 0.29) is 10.8 Å². The van der Waals surface area contributed by atoms with Crippen LogP contribution in [-0.2, 0) is 11.8 Å². The first-order valence-corrected chi connectivity index (χ1v) is 16.3. The average molecular weight is 552 g/mol. The molecule has 214 valence electrons. The van der Waals surface area contributed by atoms with Crippen molar-refractivity contribution in [2.75, 3.05) is 0 Å². The Morgan fingerprint density at radius 1 is 1.18 bits per heavy atom. The third-order valence-electron chi connectivity index (χ3n) is 10.6. The van der Waals surface area contributed by atoms with Gasteiger partial charge in [-0.1, -0.05) is 63.6 Å². The molecule has 1 heterocycles. The minimum absolute atomic E-state index is 0.161. The zero-order chi connectivity index (χ0) is 27.8. The van der Waals surface area contributed by atoms with E-state index in [1.54, 1.807) is 0 Å². The van der Waals surface area contributed by atoms with Gasteiger partial charge in [0, 0.05) is 17.5 Å². The van der Waals surface area contributed by atoms with Crippen molar-refractivity contribution in [3.63, 3.8) is 0 Å². The largest absolute Gasteiger partial charge is 0.393 e. The van der Waals surface area contributed by atoms with E-state index < -0.39 is 18.3 Å². The standard InChI is InChI=1S/C34H49NO3S/c1-5-6-9-27-21-35-32(39-27)34(17-18-34)31(38)15-10-22(2)28-13-14-29-24(8-7-16-33(28,29)4)11-12-25-19-26(36)20-30(37)23(25)3/h10-12,15,21-22,26,28-31,36-38H,3,5-9,13-14,16-20H2,1-2,4H3/t22-,26-,28-,29+,30+,31-,33-/m1/s1. The number of rotatable bonds is 9.